The van der Waals surface area contributed by atoms with Gasteiger partial charge in [-0.25, -0.2) is 0 Å². The maximum Gasteiger partial charge on any atom is 0.0480 e. The Kier molecular flexibility index (Phi) is 4.28. The molecule has 0 spiro atoms. The molecule has 2 aromatic rings. The highest BCUT2D eigenvalue weighted by Crippen LogP contribution is 2.21. The van der Waals surface area contributed by atoms with E-state index in [2.05, 4.69) is 56.0 Å². The highest BCUT2D eigenvalue weighted by Gasteiger charge is 1.99. The smallest absolute Gasteiger partial charge is 0.0480 e. The molecule has 3 N–H and O–H groups in total. The quantitative estimate of drug-likeness (QED) is 0.595. The van der Waals surface area contributed by atoms with Gasteiger partial charge < -0.3 is 11.1 Å². The third kappa shape index (κ3) is 3.61. The zero-order valence-electron chi connectivity index (χ0n) is 9.08. The minimum absolute atomic E-state index is 0.795. The fourth-order valence-electron chi connectivity index (χ4n) is 1.47. The normalized spacial score (nSPS) is 10.2. The lowest BCUT2D eigenvalue weighted by atomic mass is 10.2. The minimum atomic E-state index is 0.795. The largest absolute Gasteiger partial charge is 0.399 e. The number of nitrogen functional groups attached to an aromatic ring is 1. The van der Waals surface area contributed by atoms with Gasteiger partial charge in [-0.05, 0) is 58.5 Å². The van der Waals surface area contributed by atoms with Crippen molar-refractivity contribution in [2.24, 2.45) is 0 Å². The van der Waals surface area contributed by atoms with Crippen LogP contribution in [0, 0.1) is 3.57 Å². The van der Waals surface area contributed by atoms with Gasteiger partial charge >= 0.3 is 0 Å². The molecule has 0 heterocycles. The molecule has 0 unspecified atom stereocenters. The Morgan fingerprint density at radius 3 is 2.47 bits per heavy atom. The van der Waals surface area contributed by atoms with Crippen molar-refractivity contribution < 1.29 is 0 Å². The first kappa shape index (κ1) is 12.7. The van der Waals surface area contributed by atoms with E-state index in [0.717, 1.165) is 26.0 Å². The second-order valence-electron chi connectivity index (χ2n) is 3.72. The molecule has 0 aliphatic rings. The molecule has 0 bridgehead atoms. The summed E-state index contributed by atoms with van der Waals surface area (Å²) in [5, 5.41) is 3.40. The topological polar surface area (TPSA) is 38.0 Å². The number of nitrogens with two attached hydrogens (primary N) is 1. The molecule has 0 saturated carbocycles. The fourth-order valence-corrected chi connectivity index (χ4v) is 2.47. The Morgan fingerprint density at radius 2 is 1.82 bits per heavy atom. The summed E-state index contributed by atoms with van der Waals surface area (Å²) in [5.41, 5.74) is 8.87. The van der Waals surface area contributed by atoms with Crippen LogP contribution in [-0.2, 0) is 6.54 Å². The van der Waals surface area contributed by atoms with Crippen LogP contribution in [0.15, 0.2) is 46.9 Å². The van der Waals surface area contributed by atoms with Crippen LogP contribution in [0.1, 0.15) is 5.56 Å². The van der Waals surface area contributed by atoms with E-state index < -0.39 is 0 Å². The van der Waals surface area contributed by atoms with Crippen LogP contribution in [0.25, 0.3) is 0 Å². The van der Waals surface area contributed by atoms with Gasteiger partial charge in [0, 0.05) is 26.0 Å². The van der Waals surface area contributed by atoms with Gasteiger partial charge in [0.1, 0.15) is 0 Å². The molecule has 0 saturated heterocycles. The van der Waals surface area contributed by atoms with Crippen LogP contribution < -0.4 is 11.1 Å². The molecular weight excluding hydrogens is 391 g/mol. The lowest BCUT2D eigenvalue weighted by Crippen LogP contribution is -2.01. The maximum atomic E-state index is 5.71. The van der Waals surface area contributed by atoms with Crippen LogP contribution in [0.2, 0.25) is 0 Å². The number of anilines is 2. The second-order valence-corrected chi connectivity index (χ2v) is 5.80. The highest BCUT2D eigenvalue weighted by atomic mass is 127. The molecule has 0 fully saturated rings. The van der Waals surface area contributed by atoms with Crippen LogP contribution in [-0.4, -0.2) is 0 Å². The average Bonchev–Trinajstić information content (AvgIpc) is 2.30. The van der Waals surface area contributed by atoms with E-state index in [1.165, 1.54) is 5.56 Å². The van der Waals surface area contributed by atoms with Crippen molar-refractivity contribution in [1.29, 1.82) is 0 Å². The van der Waals surface area contributed by atoms with Crippen LogP contribution in [0.4, 0.5) is 11.4 Å². The summed E-state index contributed by atoms with van der Waals surface area (Å²) in [6, 6.07) is 14.2. The second kappa shape index (κ2) is 5.73. The molecule has 0 aliphatic carbocycles. The molecule has 17 heavy (non-hydrogen) atoms. The Hall–Kier alpha value is -0.750. The molecule has 88 valence electrons. The molecule has 2 rings (SSSR count). The monoisotopic (exact) mass is 402 g/mol. The molecule has 2 aromatic carbocycles. The van der Waals surface area contributed by atoms with Gasteiger partial charge in [0.25, 0.3) is 0 Å². The first-order valence-corrected chi connectivity index (χ1v) is 7.05. The van der Waals surface area contributed by atoms with Gasteiger partial charge in [-0.2, -0.15) is 0 Å². The predicted molar refractivity (Wildman–Crippen MR) is 85.0 cm³/mol. The van der Waals surface area contributed by atoms with E-state index >= 15 is 0 Å². The zero-order chi connectivity index (χ0) is 12.3. The number of halogens is 2. The van der Waals surface area contributed by atoms with Gasteiger partial charge in [0.15, 0.2) is 0 Å². The summed E-state index contributed by atoms with van der Waals surface area (Å²) in [5.74, 6) is 0. The lowest BCUT2D eigenvalue weighted by Gasteiger charge is -2.09. The Bertz CT molecular complexity index is 511. The number of hydrogen-bond donors (Lipinski definition) is 2. The molecule has 2 nitrogen and oxygen atoms in total. The van der Waals surface area contributed by atoms with E-state index in [1.54, 1.807) is 0 Å². The SMILES string of the molecule is Nc1ccc(NCc2ccc(Br)cc2)c(I)c1. The summed E-state index contributed by atoms with van der Waals surface area (Å²) in [6.07, 6.45) is 0. The van der Waals surface area contributed by atoms with Crippen molar-refractivity contribution in [2.75, 3.05) is 11.1 Å². The third-order valence-corrected chi connectivity index (χ3v) is 3.81. The average molecular weight is 403 g/mol. The standard InChI is InChI=1S/C13H12BrIN2/c14-10-3-1-9(2-4-10)8-17-13-6-5-11(16)7-12(13)15/h1-7,17H,8,16H2. The van der Waals surface area contributed by atoms with Gasteiger partial charge in [0.2, 0.25) is 0 Å². The van der Waals surface area contributed by atoms with E-state index in [0.29, 0.717) is 0 Å². The van der Waals surface area contributed by atoms with E-state index in [4.69, 9.17) is 5.73 Å². The van der Waals surface area contributed by atoms with Crippen molar-refractivity contribution in [3.05, 3.63) is 56.1 Å². The van der Waals surface area contributed by atoms with Crippen molar-refractivity contribution in [1.82, 2.24) is 0 Å². The zero-order valence-corrected chi connectivity index (χ0v) is 12.8. The van der Waals surface area contributed by atoms with Crippen LogP contribution in [0.3, 0.4) is 0 Å². The fraction of sp³-hybridized carbons (Fsp3) is 0.0769. The molecule has 0 amide bonds. The summed E-state index contributed by atoms with van der Waals surface area (Å²) in [4.78, 5) is 0. The molecule has 0 aromatic heterocycles. The summed E-state index contributed by atoms with van der Waals surface area (Å²) < 4.78 is 2.24. The first-order chi connectivity index (χ1) is 8.15. The molecule has 0 atom stereocenters. The van der Waals surface area contributed by atoms with Crippen molar-refractivity contribution in [2.45, 2.75) is 6.54 Å². The summed E-state index contributed by atoms with van der Waals surface area (Å²) >= 11 is 5.71. The Morgan fingerprint density at radius 1 is 1.12 bits per heavy atom. The van der Waals surface area contributed by atoms with E-state index in [-0.39, 0.29) is 0 Å². The number of hydrogen-bond acceptors (Lipinski definition) is 2. The van der Waals surface area contributed by atoms with E-state index in [9.17, 15) is 0 Å². The molecule has 0 aliphatic heterocycles. The maximum absolute atomic E-state index is 5.71. The van der Waals surface area contributed by atoms with Crippen LogP contribution in [0.5, 0.6) is 0 Å². The highest BCUT2D eigenvalue weighted by molar-refractivity contribution is 14.1. The lowest BCUT2D eigenvalue weighted by molar-refractivity contribution is 1.14. The first-order valence-electron chi connectivity index (χ1n) is 5.18. The predicted octanol–water partition coefficient (Wildman–Crippen LogP) is 4.25. The molecule has 4 heteroatoms. The van der Waals surface area contributed by atoms with Crippen LogP contribution >= 0.6 is 38.5 Å². The number of rotatable bonds is 3. The van der Waals surface area contributed by atoms with Gasteiger partial charge in [0.05, 0.1) is 0 Å². The Labute approximate surface area is 123 Å². The Balaban J connectivity index is 2.04. The summed E-state index contributed by atoms with van der Waals surface area (Å²) in [6.45, 7) is 0.813. The van der Waals surface area contributed by atoms with Gasteiger partial charge in [-0.3, -0.25) is 0 Å². The minimum Gasteiger partial charge on any atom is -0.399 e. The van der Waals surface area contributed by atoms with Crippen molar-refractivity contribution in [3.8, 4) is 0 Å². The van der Waals surface area contributed by atoms with E-state index in [1.807, 2.05) is 30.3 Å². The van der Waals surface area contributed by atoms with Crippen molar-refractivity contribution >= 4 is 49.9 Å². The molecule has 0 radical (unpaired) electrons. The van der Waals surface area contributed by atoms with Crippen molar-refractivity contribution in [3.63, 3.8) is 0 Å². The number of benzene rings is 2. The third-order valence-electron chi connectivity index (χ3n) is 2.39. The van der Waals surface area contributed by atoms with Gasteiger partial charge in [-0.1, -0.05) is 28.1 Å². The summed E-state index contributed by atoms with van der Waals surface area (Å²) in [7, 11) is 0. The molecular formula is C13H12BrIN2. The van der Waals surface area contributed by atoms with Gasteiger partial charge in [-0.15, -0.1) is 0 Å². The number of nitrogens with one attached hydrogen (secondary N) is 1.